The predicted molar refractivity (Wildman–Crippen MR) is 57.9 cm³/mol. The van der Waals surface area contributed by atoms with Crippen LogP contribution in [0.1, 0.15) is 26.7 Å². The zero-order chi connectivity index (χ0) is 12.0. The van der Waals surface area contributed by atoms with Crippen LogP contribution in [0.2, 0.25) is 0 Å². The fourth-order valence-corrected chi connectivity index (χ4v) is 1.68. The van der Waals surface area contributed by atoms with Gasteiger partial charge in [-0.1, -0.05) is 0 Å². The van der Waals surface area contributed by atoms with E-state index in [-0.39, 0.29) is 16.6 Å². The Morgan fingerprint density at radius 1 is 1.62 bits per heavy atom. The highest BCUT2D eigenvalue weighted by molar-refractivity contribution is 7.11. The minimum absolute atomic E-state index is 0.105. The van der Waals surface area contributed by atoms with Crippen molar-refractivity contribution in [3.8, 4) is 0 Å². The van der Waals surface area contributed by atoms with E-state index in [9.17, 15) is 9.59 Å². The third kappa shape index (κ3) is 3.59. The highest BCUT2D eigenvalue weighted by Gasteiger charge is 2.13. The first kappa shape index (κ1) is 12.6. The molecule has 0 bridgehead atoms. The topological polar surface area (TPSA) is 88.5 Å². The summed E-state index contributed by atoms with van der Waals surface area (Å²) in [6.45, 7) is 1.05. The number of methoxy groups -OCH3 is 1. The number of carbonyl (C=O) groups is 2. The number of ether oxygens (including phenoxy) is 1. The van der Waals surface area contributed by atoms with Crippen molar-refractivity contribution in [2.75, 3.05) is 20.3 Å². The van der Waals surface area contributed by atoms with Gasteiger partial charge in [0.1, 0.15) is 0 Å². The van der Waals surface area contributed by atoms with Gasteiger partial charge in [-0.05, 0) is 6.42 Å². The Morgan fingerprint density at radius 2 is 2.38 bits per heavy atom. The largest absolute Gasteiger partial charge is 0.476 e. The first-order valence-electron chi connectivity index (χ1n) is 4.61. The minimum atomic E-state index is -1.13. The molecule has 1 aromatic rings. The smallest absolute Gasteiger partial charge is 0.355 e. The Kier molecular flexibility index (Phi) is 4.87. The molecule has 0 atom stereocenters. The molecule has 0 aliphatic heterocycles. The summed E-state index contributed by atoms with van der Waals surface area (Å²) in [5, 5.41) is 12.7. The molecule has 0 aliphatic carbocycles. The molecule has 0 spiro atoms. The van der Waals surface area contributed by atoms with Gasteiger partial charge in [-0.2, -0.15) is 0 Å². The van der Waals surface area contributed by atoms with Gasteiger partial charge in [0, 0.05) is 25.6 Å². The van der Waals surface area contributed by atoms with E-state index in [1.54, 1.807) is 7.11 Å². The third-order valence-corrected chi connectivity index (χ3v) is 2.57. The quantitative estimate of drug-likeness (QED) is 0.716. The summed E-state index contributed by atoms with van der Waals surface area (Å²) in [5.74, 6) is -1.48. The van der Waals surface area contributed by atoms with Crippen LogP contribution in [0.3, 0.4) is 0 Å². The van der Waals surface area contributed by atoms with Gasteiger partial charge in [-0.25, -0.2) is 9.78 Å². The minimum Gasteiger partial charge on any atom is -0.476 e. The van der Waals surface area contributed by atoms with Crippen molar-refractivity contribution < 1.29 is 19.4 Å². The lowest BCUT2D eigenvalue weighted by Crippen LogP contribution is -2.25. The summed E-state index contributed by atoms with van der Waals surface area (Å²) in [5.41, 5.74) is -0.105. The van der Waals surface area contributed by atoms with Gasteiger partial charge in [-0.3, -0.25) is 4.79 Å². The maximum absolute atomic E-state index is 11.4. The average Bonchev–Trinajstić information content (AvgIpc) is 2.73. The number of carbonyl (C=O) groups excluding carboxylic acids is 1. The molecule has 1 aromatic heterocycles. The van der Waals surface area contributed by atoms with E-state index >= 15 is 0 Å². The number of nitrogens with zero attached hydrogens (tertiary/aromatic N) is 1. The molecule has 0 radical (unpaired) electrons. The molecule has 7 heteroatoms. The first-order chi connectivity index (χ1) is 7.65. The van der Waals surface area contributed by atoms with Gasteiger partial charge in [-0.15, -0.1) is 11.3 Å². The molecule has 1 heterocycles. The first-order valence-corrected chi connectivity index (χ1v) is 5.49. The van der Waals surface area contributed by atoms with E-state index in [1.807, 2.05) is 0 Å². The van der Waals surface area contributed by atoms with Crippen molar-refractivity contribution in [3.63, 3.8) is 0 Å². The van der Waals surface area contributed by atoms with Crippen LogP contribution in [0.5, 0.6) is 0 Å². The van der Waals surface area contributed by atoms with Crippen molar-refractivity contribution in [3.05, 3.63) is 16.1 Å². The third-order valence-electron chi connectivity index (χ3n) is 1.73. The maximum Gasteiger partial charge on any atom is 0.355 e. The summed E-state index contributed by atoms with van der Waals surface area (Å²) in [6.07, 6.45) is 0.708. The molecule has 0 unspecified atom stereocenters. The standard InChI is InChI=1S/C9H12N2O4S/c1-15-4-2-3-10-7(12)8-11-6(5-16-8)9(13)14/h5H,2-4H2,1H3,(H,10,12)(H,13,14). The highest BCUT2D eigenvalue weighted by atomic mass is 32.1. The van der Waals surface area contributed by atoms with Crippen molar-refractivity contribution in [1.29, 1.82) is 0 Å². The molecule has 0 saturated carbocycles. The molecular weight excluding hydrogens is 232 g/mol. The molecule has 1 rings (SSSR count). The number of rotatable bonds is 6. The fourth-order valence-electron chi connectivity index (χ4n) is 0.970. The average molecular weight is 244 g/mol. The van der Waals surface area contributed by atoms with E-state index in [1.165, 1.54) is 5.38 Å². The van der Waals surface area contributed by atoms with Crippen LogP contribution in [-0.2, 0) is 4.74 Å². The summed E-state index contributed by atoms with van der Waals surface area (Å²) < 4.78 is 4.82. The summed E-state index contributed by atoms with van der Waals surface area (Å²) in [7, 11) is 1.59. The Bertz CT molecular complexity index is 377. The number of thiazole rings is 1. The van der Waals surface area contributed by atoms with Crippen molar-refractivity contribution in [1.82, 2.24) is 10.3 Å². The van der Waals surface area contributed by atoms with Crippen LogP contribution in [0.15, 0.2) is 5.38 Å². The molecule has 0 saturated heterocycles. The van der Waals surface area contributed by atoms with Crippen LogP contribution < -0.4 is 5.32 Å². The molecule has 0 aliphatic rings. The number of aromatic nitrogens is 1. The second kappa shape index (κ2) is 6.19. The highest BCUT2D eigenvalue weighted by Crippen LogP contribution is 2.09. The van der Waals surface area contributed by atoms with Crippen LogP contribution in [0.4, 0.5) is 0 Å². The number of hydrogen-bond acceptors (Lipinski definition) is 5. The van der Waals surface area contributed by atoms with Crippen LogP contribution in [0, 0.1) is 0 Å². The molecule has 6 nitrogen and oxygen atoms in total. The van der Waals surface area contributed by atoms with Crippen LogP contribution in [0.25, 0.3) is 0 Å². The lowest BCUT2D eigenvalue weighted by atomic mass is 10.4. The van der Waals surface area contributed by atoms with Gasteiger partial charge >= 0.3 is 5.97 Å². The number of amides is 1. The number of nitrogens with one attached hydrogen (secondary N) is 1. The second-order valence-corrected chi connectivity index (χ2v) is 3.80. The summed E-state index contributed by atoms with van der Waals surface area (Å²) in [6, 6.07) is 0. The van der Waals surface area contributed by atoms with Gasteiger partial charge in [0.25, 0.3) is 5.91 Å². The molecule has 1 amide bonds. The Labute approximate surface area is 96.3 Å². The van der Waals surface area contributed by atoms with Gasteiger partial charge in [0.15, 0.2) is 10.7 Å². The molecule has 0 aromatic carbocycles. The Morgan fingerprint density at radius 3 is 2.94 bits per heavy atom. The second-order valence-electron chi connectivity index (χ2n) is 2.95. The lowest BCUT2D eigenvalue weighted by Gasteiger charge is -2.01. The predicted octanol–water partition coefficient (Wildman–Crippen LogP) is 0.608. The fraction of sp³-hybridized carbons (Fsp3) is 0.444. The molecule has 16 heavy (non-hydrogen) atoms. The molecule has 2 N–H and O–H groups in total. The lowest BCUT2D eigenvalue weighted by molar-refractivity contribution is 0.0691. The zero-order valence-electron chi connectivity index (χ0n) is 8.73. The van der Waals surface area contributed by atoms with E-state index in [0.717, 1.165) is 11.3 Å². The number of aromatic carboxylic acids is 1. The molecule has 88 valence electrons. The van der Waals surface area contributed by atoms with Gasteiger partial charge in [0.2, 0.25) is 0 Å². The monoisotopic (exact) mass is 244 g/mol. The van der Waals surface area contributed by atoms with Crippen LogP contribution >= 0.6 is 11.3 Å². The maximum atomic E-state index is 11.4. The Balaban J connectivity index is 2.43. The molecule has 0 fully saturated rings. The normalized spacial score (nSPS) is 10.1. The van der Waals surface area contributed by atoms with E-state index in [0.29, 0.717) is 19.6 Å². The summed E-state index contributed by atoms with van der Waals surface area (Å²) in [4.78, 5) is 25.7. The van der Waals surface area contributed by atoms with Crippen molar-refractivity contribution in [2.45, 2.75) is 6.42 Å². The van der Waals surface area contributed by atoms with Crippen molar-refractivity contribution in [2.24, 2.45) is 0 Å². The Hall–Kier alpha value is -1.47. The van der Waals surface area contributed by atoms with Crippen LogP contribution in [-0.4, -0.2) is 42.2 Å². The van der Waals surface area contributed by atoms with Crippen molar-refractivity contribution >= 4 is 23.2 Å². The SMILES string of the molecule is COCCCNC(=O)c1nc(C(=O)O)cs1. The summed E-state index contributed by atoms with van der Waals surface area (Å²) >= 11 is 1.01. The van der Waals surface area contributed by atoms with E-state index in [2.05, 4.69) is 10.3 Å². The van der Waals surface area contributed by atoms with E-state index < -0.39 is 5.97 Å². The zero-order valence-corrected chi connectivity index (χ0v) is 9.54. The number of hydrogen-bond donors (Lipinski definition) is 2. The number of carboxylic acid groups (broad SMARTS) is 1. The van der Waals surface area contributed by atoms with Gasteiger partial charge in [0.05, 0.1) is 0 Å². The van der Waals surface area contributed by atoms with E-state index in [4.69, 9.17) is 9.84 Å². The number of carboxylic acids is 1. The molecular formula is C9H12N2O4S. The van der Waals surface area contributed by atoms with Gasteiger partial charge < -0.3 is 15.2 Å².